The van der Waals surface area contributed by atoms with Gasteiger partial charge in [0.1, 0.15) is 0 Å². The van der Waals surface area contributed by atoms with Gasteiger partial charge in [0.2, 0.25) is 0 Å². The third kappa shape index (κ3) is 7.91. The Hall–Kier alpha value is -0.310. The lowest BCUT2D eigenvalue weighted by Crippen LogP contribution is -2.42. The first kappa shape index (κ1) is 15.7. The van der Waals surface area contributed by atoms with Crippen LogP contribution in [0.25, 0.3) is 0 Å². The minimum Gasteiger partial charge on any atom is -0.362 e. The summed E-state index contributed by atoms with van der Waals surface area (Å²) in [5, 5.41) is 4.30. The van der Waals surface area contributed by atoms with E-state index in [4.69, 9.17) is 12.2 Å². The molecule has 0 bridgehead atoms. The van der Waals surface area contributed by atoms with Crippen LogP contribution in [0.15, 0.2) is 0 Å². The fourth-order valence-corrected chi connectivity index (χ4v) is 1.68. The summed E-state index contributed by atoms with van der Waals surface area (Å²) in [7, 11) is 0. The van der Waals surface area contributed by atoms with Crippen LogP contribution in [0.5, 0.6) is 0 Å². The zero-order chi connectivity index (χ0) is 12.4. The number of unbranched alkanes of at least 4 members (excludes halogenated alkanes) is 2. The molecule has 96 valence electrons. The number of rotatable bonds is 8. The van der Waals surface area contributed by atoms with Crippen LogP contribution in [0.2, 0.25) is 0 Å². The molecule has 3 heteroatoms. The van der Waals surface area contributed by atoms with E-state index in [1.54, 1.807) is 0 Å². The standard InChI is InChI=1S/C13H28N2S/c1-5-7-9-15(10-8-6-2)13(16)14-11-12(3)4/h12H,5-11H2,1-4H3,(H,14,16). The molecule has 0 aromatic heterocycles. The van der Waals surface area contributed by atoms with Crippen LogP contribution < -0.4 is 5.32 Å². The van der Waals surface area contributed by atoms with Crippen molar-refractivity contribution in [2.45, 2.75) is 53.4 Å². The third-order valence-corrected chi connectivity index (χ3v) is 2.91. The summed E-state index contributed by atoms with van der Waals surface area (Å²) in [6.07, 6.45) is 4.92. The van der Waals surface area contributed by atoms with Gasteiger partial charge in [0.15, 0.2) is 5.11 Å². The molecule has 0 saturated carbocycles. The zero-order valence-corrected chi connectivity index (χ0v) is 12.2. The van der Waals surface area contributed by atoms with E-state index in [0.29, 0.717) is 5.92 Å². The zero-order valence-electron chi connectivity index (χ0n) is 11.4. The topological polar surface area (TPSA) is 15.3 Å². The molecule has 0 aromatic carbocycles. The van der Waals surface area contributed by atoms with E-state index < -0.39 is 0 Å². The first-order chi connectivity index (χ1) is 7.61. The molecule has 1 N–H and O–H groups in total. The highest BCUT2D eigenvalue weighted by atomic mass is 32.1. The van der Waals surface area contributed by atoms with Gasteiger partial charge in [-0.15, -0.1) is 0 Å². The molecule has 0 amide bonds. The smallest absolute Gasteiger partial charge is 0.168 e. The summed E-state index contributed by atoms with van der Waals surface area (Å²) in [6.45, 7) is 12.0. The lowest BCUT2D eigenvalue weighted by Gasteiger charge is -2.26. The Labute approximate surface area is 107 Å². The Balaban J connectivity index is 3.98. The lowest BCUT2D eigenvalue weighted by molar-refractivity contribution is 0.389. The highest BCUT2D eigenvalue weighted by molar-refractivity contribution is 7.80. The molecule has 0 rings (SSSR count). The van der Waals surface area contributed by atoms with Crippen molar-refractivity contribution < 1.29 is 0 Å². The van der Waals surface area contributed by atoms with Crippen molar-refractivity contribution in [1.29, 1.82) is 0 Å². The van der Waals surface area contributed by atoms with Crippen molar-refractivity contribution in [3.05, 3.63) is 0 Å². The molecule has 0 atom stereocenters. The predicted molar refractivity (Wildman–Crippen MR) is 76.8 cm³/mol. The van der Waals surface area contributed by atoms with Crippen LogP contribution in [0.4, 0.5) is 0 Å². The molecular formula is C13H28N2S. The molecule has 0 radical (unpaired) electrons. The monoisotopic (exact) mass is 244 g/mol. The summed E-state index contributed by atoms with van der Waals surface area (Å²) < 4.78 is 0. The average Bonchev–Trinajstić information content (AvgIpc) is 2.26. The molecule has 2 nitrogen and oxygen atoms in total. The molecule has 0 aromatic rings. The molecule has 0 saturated heterocycles. The van der Waals surface area contributed by atoms with Gasteiger partial charge in [0.25, 0.3) is 0 Å². The normalized spacial score (nSPS) is 10.6. The molecule has 16 heavy (non-hydrogen) atoms. The second-order valence-electron chi connectivity index (χ2n) is 4.77. The van der Waals surface area contributed by atoms with E-state index in [1.165, 1.54) is 25.7 Å². The summed E-state index contributed by atoms with van der Waals surface area (Å²) in [5.74, 6) is 0.650. The van der Waals surface area contributed by atoms with Crippen LogP contribution in [-0.4, -0.2) is 29.6 Å². The largest absolute Gasteiger partial charge is 0.362 e. The second-order valence-corrected chi connectivity index (χ2v) is 5.16. The molecule has 0 fully saturated rings. The third-order valence-electron chi connectivity index (χ3n) is 2.51. The summed E-state index contributed by atoms with van der Waals surface area (Å²) in [5.41, 5.74) is 0. The predicted octanol–water partition coefficient (Wildman–Crippen LogP) is 3.42. The Morgan fingerprint density at radius 2 is 1.62 bits per heavy atom. The fourth-order valence-electron chi connectivity index (χ4n) is 1.42. The average molecular weight is 244 g/mol. The lowest BCUT2D eigenvalue weighted by atomic mass is 10.2. The van der Waals surface area contributed by atoms with Gasteiger partial charge in [-0.25, -0.2) is 0 Å². The first-order valence-corrected chi connectivity index (χ1v) is 7.05. The minimum absolute atomic E-state index is 0.650. The van der Waals surface area contributed by atoms with Crippen molar-refractivity contribution in [3.8, 4) is 0 Å². The molecule has 0 aliphatic carbocycles. The van der Waals surface area contributed by atoms with Crippen molar-refractivity contribution in [2.24, 2.45) is 5.92 Å². The molecule has 0 heterocycles. The van der Waals surface area contributed by atoms with Gasteiger partial charge in [-0.05, 0) is 31.0 Å². The van der Waals surface area contributed by atoms with E-state index in [1.807, 2.05) is 0 Å². The van der Waals surface area contributed by atoms with Crippen LogP contribution in [-0.2, 0) is 0 Å². The van der Waals surface area contributed by atoms with Crippen molar-refractivity contribution >= 4 is 17.3 Å². The van der Waals surface area contributed by atoms with Crippen molar-refractivity contribution in [3.63, 3.8) is 0 Å². The van der Waals surface area contributed by atoms with Crippen LogP contribution in [0.3, 0.4) is 0 Å². The first-order valence-electron chi connectivity index (χ1n) is 6.64. The van der Waals surface area contributed by atoms with E-state index in [-0.39, 0.29) is 0 Å². The summed E-state index contributed by atoms with van der Waals surface area (Å²) >= 11 is 5.44. The maximum absolute atomic E-state index is 5.44. The van der Waals surface area contributed by atoms with Crippen molar-refractivity contribution in [2.75, 3.05) is 19.6 Å². The number of hydrogen-bond acceptors (Lipinski definition) is 1. The Kier molecular flexibility index (Phi) is 9.69. The van der Waals surface area contributed by atoms with Gasteiger partial charge in [-0.1, -0.05) is 40.5 Å². The number of thiocarbonyl (C=S) groups is 1. The van der Waals surface area contributed by atoms with Gasteiger partial charge in [-0.3, -0.25) is 0 Å². The summed E-state index contributed by atoms with van der Waals surface area (Å²) in [6, 6.07) is 0. The maximum atomic E-state index is 5.44. The van der Waals surface area contributed by atoms with Crippen molar-refractivity contribution in [1.82, 2.24) is 10.2 Å². The van der Waals surface area contributed by atoms with Crippen LogP contribution >= 0.6 is 12.2 Å². The molecule has 0 aliphatic heterocycles. The Morgan fingerprint density at radius 1 is 1.12 bits per heavy atom. The fraction of sp³-hybridized carbons (Fsp3) is 0.923. The highest BCUT2D eigenvalue weighted by Gasteiger charge is 2.08. The number of nitrogens with one attached hydrogen (secondary N) is 1. The molecule has 0 spiro atoms. The molecular weight excluding hydrogens is 216 g/mol. The minimum atomic E-state index is 0.650. The number of hydrogen-bond donors (Lipinski definition) is 1. The van der Waals surface area contributed by atoms with E-state index >= 15 is 0 Å². The SMILES string of the molecule is CCCCN(CCCC)C(=S)NCC(C)C. The van der Waals surface area contributed by atoms with Gasteiger partial charge in [-0.2, -0.15) is 0 Å². The quantitative estimate of drug-likeness (QED) is 0.659. The maximum Gasteiger partial charge on any atom is 0.168 e. The van der Waals surface area contributed by atoms with Gasteiger partial charge < -0.3 is 10.2 Å². The van der Waals surface area contributed by atoms with E-state index in [9.17, 15) is 0 Å². The summed E-state index contributed by atoms with van der Waals surface area (Å²) in [4.78, 5) is 2.32. The van der Waals surface area contributed by atoms with E-state index in [0.717, 1.165) is 24.7 Å². The van der Waals surface area contributed by atoms with Gasteiger partial charge in [0, 0.05) is 19.6 Å². The van der Waals surface area contributed by atoms with E-state index in [2.05, 4.69) is 37.9 Å². The number of nitrogens with zero attached hydrogens (tertiary/aromatic N) is 1. The highest BCUT2D eigenvalue weighted by Crippen LogP contribution is 2.00. The second kappa shape index (κ2) is 9.88. The Morgan fingerprint density at radius 3 is 2.00 bits per heavy atom. The molecule has 0 unspecified atom stereocenters. The van der Waals surface area contributed by atoms with Crippen LogP contribution in [0.1, 0.15) is 53.4 Å². The van der Waals surface area contributed by atoms with Crippen LogP contribution in [0, 0.1) is 5.92 Å². The van der Waals surface area contributed by atoms with Gasteiger partial charge in [0.05, 0.1) is 0 Å². The van der Waals surface area contributed by atoms with Gasteiger partial charge >= 0.3 is 0 Å². The molecule has 0 aliphatic rings. The Bertz CT molecular complexity index is 173.